The molecule has 1 aromatic heterocycles. The minimum absolute atomic E-state index is 0.0318. The SMILES string of the molecule is CNC(=O)Cc1c(C)ccc(-c2ccccn2)c1C. The third kappa shape index (κ3) is 2.81. The fourth-order valence-electron chi connectivity index (χ4n) is 2.21. The quantitative estimate of drug-likeness (QED) is 0.915. The first-order chi connectivity index (χ1) is 9.13. The fourth-order valence-corrected chi connectivity index (χ4v) is 2.21. The number of pyridine rings is 1. The first kappa shape index (κ1) is 13.3. The number of amides is 1. The number of carbonyl (C=O) groups is 1. The maximum absolute atomic E-state index is 11.6. The molecule has 1 heterocycles. The largest absolute Gasteiger partial charge is 0.359 e. The van der Waals surface area contributed by atoms with Crippen LogP contribution in [0.2, 0.25) is 0 Å². The van der Waals surface area contributed by atoms with Gasteiger partial charge in [-0.1, -0.05) is 18.2 Å². The van der Waals surface area contributed by atoms with Crippen LogP contribution in [0.5, 0.6) is 0 Å². The highest BCUT2D eigenvalue weighted by atomic mass is 16.1. The third-order valence-corrected chi connectivity index (χ3v) is 3.39. The van der Waals surface area contributed by atoms with E-state index >= 15 is 0 Å². The number of nitrogens with zero attached hydrogens (tertiary/aromatic N) is 1. The van der Waals surface area contributed by atoms with Crippen molar-refractivity contribution < 1.29 is 4.79 Å². The number of aromatic nitrogens is 1. The molecule has 98 valence electrons. The van der Waals surface area contributed by atoms with Crippen LogP contribution in [-0.4, -0.2) is 17.9 Å². The Labute approximate surface area is 113 Å². The molecule has 0 aliphatic rings. The number of nitrogens with one attached hydrogen (secondary N) is 1. The van der Waals surface area contributed by atoms with E-state index in [1.807, 2.05) is 25.1 Å². The van der Waals surface area contributed by atoms with Crippen molar-refractivity contribution >= 4 is 5.91 Å². The van der Waals surface area contributed by atoms with Gasteiger partial charge in [-0.2, -0.15) is 0 Å². The molecule has 19 heavy (non-hydrogen) atoms. The highest BCUT2D eigenvalue weighted by Gasteiger charge is 2.12. The van der Waals surface area contributed by atoms with E-state index in [9.17, 15) is 4.79 Å². The second-order valence-electron chi connectivity index (χ2n) is 4.60. The Balaban J connectivity index is 2.48. The van der Waals surface area contributed by atoms with Gasteiger partial charge in [0.1, 0.15) is 0 Å². The summed E-state index contributed by atoms with van der Waals surface area (Å²) in [5.74, 6) is 0.0318. The van der Waals surface area contributed by atoms with E-state index < -0.39 is 0 Å². The van der Waals surface area contributed by atoms with Crippen LogP contribution < -0.4 is 5.32 Å². The van der Waals surface area contributed by atoms with Crippen molar-refractivity contribution in [1.82, 2.24) is 10.3 Å². The monoisotopic (exact) mass is 254 g/mol. The number of benzene rings is 1. The van der Waals surface area contributed by atoms with Gasteiger partial charge in [0.15, 0.2) is 0 Å². The zero-order chi connectivity index (χ0) is 13.8. The summed E-state index contributed by atoms with van der Waals surface area (Å²) in [6.45, 7) is 4.09. The normalized spacial score (nSPS) is 10.3. The van der Waals surface area contributed by atoms with Crippen molar-refractivity contribution in [1.29, 1.82) is 0 Å². The first-order valence-corrected chi connectivity index (χ1v) is 6.34. The van der Waals surface area contributed by atoms with Crippen molar-refractivity contribution in [3.05, 3.63) is 53.2 Å². The Morgan fingerprint density at radius 2 is 2.00 bits per heavy atom. The molecular formula is C16H18N2O. The summed E-state index contributed by atoms with van der Waals surface area (Å²) < 4.78 is 0. The van der Waals surface area contributed by atoms with Crippen LogP contribution in [0.15, 0.2) is 36.5 Å². The first-order valence-electron chi connectivity index (χ1n) is 6.34. The number of likely N-dealkylation sites (N-methyl/N-ethyl adjacent to an activating group) is 1. The van der Waals surface area contributed by atoms with Gasteiger partial charge in [0.25, 0.3) is 0 Å². The van der Waals surface area contributed by atoms with Crippen molar-refractivity contribution in [3.8, 4) is 11.3 Å². The topological polar surface area (TPSA) is 42.0 Å². The van der Waals surface area contributed by atoms with E-state index in [0.29, 0.717) is 6.42 Å². The Bertz CT molecular complexity index is 591. The Morgan fingerprint density at radius 3 is 2.63 bits per heavy atom. The minimum Gasteiger partial charge on any atom is -0.359 e. The third-order valence-electron chi connectivity index (χ3n) is 3.39. The van der Waals surface area contributed by atoms with E-state index in [2.05, 4.69) is 29.4 Å². The standard InChI is InChI=1S/C16H18N2O/c1-11-7-8-13(15-6-4-5-9-18-15)12(2)14(11)10-16(19)17-3/h4-9H,10H2,1-3H3,(H,17,19). The smallest absolute Gasteiger partial charge is 0.224 e. The summed E-state index contributed by atoms with van der Waals surface area (Å²) in [5, 5.41) is 2.67. The molecule has 0 unspecified atom stereocenters. The highest BCUT2D eigenvalue weighted by Crippen LogP contribution is 2.26. The van der Waals surface area contributed by atoms with Gasteiger partial charge in [0, 0.05) is 18.8 Å². The maximum atomic E-state index is 11.6. The molecule has 2 aromatic rings. The van der Waals surface area contributed by atoms with Crippen LogP contribution in [0.25, 0.3) is 11.3 Å². The van der Waals surface area contributed by atoms with Gasteiger partial charge in [0.05, 0.1) is 12.1 Å². The molecule has 3 heteroatoms. The number of carbonyl (C=O) groups excluding carboxylic acids is 1. The van der Waals surface area contributed by atoms with Gasteiger partial charge in [-0.15, -0.1) is 0 Å². The van der Waals surface area contributed by atoms with E-state index in [1.54, 1.807) is 13.2 Å². The van der Waals surface area contributed by atoms with Crippen LogP contribution in [0.4, 0.5) is 0 Å². The van der Waals surface area contributed by atoms with Crippen molar-refractivity contribution in [2.45, 2.75) is 20.3 Å². The van der Waals surface area contributed by atoms with Gasteiger partial charge in [-0.3, -0.25) is 9.78 Å². The molecule has 0 aliphatic heterocycles. The zero-order valence-corrected chi connectivity index (χ0v) is 11.5. The molecule has 0 spiro atoms. The van der Waals surface area contributed by atoms with Gasteiger partial charge >= 0.3 is 0 Å². The second-order valence-corrected chi connectivity index (χ2v) is 4.60. The Kier molecular flexibility index (Phi) is 3.95. The lowest BCUT2D eigenvalue weighted by Crippen LogP contribution is -2.21. The predicted octanol–water partition coefficient (Wildman–Crippen LogP) is 2.65. The summed E-state index contributed by atoms with van der Waals surface area (Å²) in [7, 11) is 1.66. The van der Waals surface area contributed by atoms with Crippen molar-refractivity contribution in [2.24, 2.45) is 0 Å². The van der Waals surface area contributed by atoms with Crippen molar-refractivity contribution in [3.63, 3.8) is 0 Å². The van der Waals surface area contributed by atoms with Gasteiger partial charge in [-0.05, 0) is 42.7 Å². The average molecular weight is 254 g/mol. The molecular weight excluding hydrogens is 236 g/mol. The van der Waals surface area contributed by atoms with Crippen LogP contribution in [-0.2, 0) is 11.2 Å². The summed E-state index contributed by atoms with van der Waals surface area (Å²) in [5.41, 5.74) is 5.38. The zero-order valence-electron chi connectivity index (χ0n) is 11.5. The fraction of sp³-hybridized carbons (Fsp3) is 0.250. The number of hydrogen-bond acceptors (Lipinski definition) is 2. The lowest BCUT2D eigenvalue weighted by molar-refractivity contribution is -0.119. The van der Waals surface area contributed by atoms with Gasteiger partial charge in [-0.25, -0.2) is 0 Å². The summed E-state index contributed by atoms with van der Waals surface area (Å²) in [6.07, 6.45) is 2.20. The summed E-state index contributed by atoms with van der Waals surface area (Å²) in [4.78, 5) is 16.0. The molecule has 0 fully saturated rings. The lowest BCUT2D eigenvalue weighted by atomic mass is 9.93. The number of hydrogen-bond donors (Lipinski definition) is 1. The van der Waals surface area contributed by atoms with E-state index in [1.165, 1.54) is 0 Å². The van der Waals surface area contributed by atoms with Crippen LogP contribution in [0.3, 0.4) is 0 Å². The molecule has 0 bridgehead atoms. The lowest BCUT2D eigenvalue weighted by Gasteiger charge is -2.13. The molecule has 3 nitrogen and oxygen atoms in total. The van der Waals surface area contributed by atoms with Crippen molar-refractivity contribution in [2.75, 3.05) is 7.05 Å². The molecule has 1 amide bonds. The molecule has 0 saturated carbocycles. The van der Waals surface area contributed by atoms with Gasteiger partial charge in [0.2, 0.25) is 5.91 Å². The summed E-state index contributed by atoms with van der Waals surface area (Å²) in [6, 6.07) is 9.98. The van der Waals surface area contributed by atoms with Crippen LogP contribution in [0, 0.1) is 13.8 Å². The van der Waals surface area contributed by atoms with E-state index in [4.69, 9.17) is 0 Å². The highest BCUT2D eigenvalue weighted by molar-refractivity contribution is 5.80. The Hall–Kier alpha value is -2.16. The molecule has 1 aromatic carbocycles. The molecule has 0 saturated heterocycles. The molecule has 2 rings (SSSR count). The predicted molar refractivity (Wildman–Crippen MR) is 76.9 cm³/mol. The number of aryl methyl sites for hydroxylation is 1. The molecule has 0 atom stereocenters. The maximum Gasteiger partial charge on any atom is 0.224 e. The average Bonchev–Trinajstić information content (AvgIpc) is 2.44. The molecule has 1 N–H and O–H groups in total. The van der Waals surface area contributed by atoms with Gasteiger partial charge < -0.3 is 5.32 Å². The van der Waals surface area contributed by atoms with E-state index in [-0.39, 0.29) is 5.91 Å². The van der Waals surface area contributed by atoms with E-state index in [0.717, 1.165) is 27.9 Å². The minimum atomic E-state index is 0.0318. The second kappa shape index (κ2) is 5.65. The van der Waals surface area contributed by atoms with Crippen LogP contribution >= 0.6 is 0 Å². The molecule has 0 radical (unpaired) electrons. The molecule has 0 aliphatic carbocycles. The van der Waals surface area contributed by atoms with Crippen LogP contribution in [0.1, 0.15) is 16.7 Å². The Morgan fingerprint density at radius 1 is 1.21 bits per heavy atom. The summed E-state index contributed by atoms with van der Waals surface area (Å²) >= 11 is 0. The number of rotatable bonds is 3.